The lowest BCUT2D eigenvalue weighted by Gasteiger charge is -2.11. The number of nitrogens with two attached hydrogens (primary N) is 1. The van der Waals surface area contributed by atoms with E-state index in [0.29, 0.717) is 5.95 Å². The van der Waals surface area contributed by atoms with Crippen LogP contribution >= 0.6 is 0 Å². The summed E-state index contributed by atoms with van der Waals surface area (Å²) < 4.78 is 0. The lowest BCUT2D eigenvalue weighted by Crippen LogP contribution is -2.10. The summed E-state index contributed by atoms with van der Waals surface area (Å²) >= 11 is 0. The van der Waals surface area contributed by atoms with E-state index in [-0.39, 0.29) is 0 Å². The maximum absolute atomic E-state index is 5.52. The Kier molecular flexibility index (Phi) is 2.29. The van der Waals surface area contributed by atoms with Crippen molar-refractivity contribution in [3.05, 3.63) is 24.5 Å². The number of nitrogens with zero attached hydrogens (tertiary/aromatic N) is 3. The highest BCUT2D eigenvalue weighted by Gasteiger charge is 2.04. The molecule has 0 aliphatic rings. The zero-order valence-corrected chi connectivity index (χ0v) is 8.73. The predicted octanol–water partition coefficient (Wildman–Crippen LogP) is 1.12. The average Bonchev–Trinajstić information content (AvgIpc) is 2.65. The lowest BCUT2D eigenvalue weighted by atomic mass is 10.2. The van der Waals surface area contributed by atoms with Crippen LogP contribution in [0.5, 0.6) is 0 Å². The number of nitrogens with one attached hydrogen (secondary N) is 1. The Morgan fingerprint density at radius 1 is 1.40 bits per heavy atom. The smallest absolute Gasteiger partial charge is 0.198 e. The Bertz CT molecular complexity index is 460. The van der Waals surface area contributed by atoms with E-state index >= 15 is 0 Å². The number of hydrogen-bond donors (Lipinski definition) is 2. The number of aromatic amines is 1. The molecule has 0 unspecified atom stereocenters. The van der Waals surface area contributed by atoms with Crippen LogP contribution < -0.4 is 10.6 Å². The number of nitrogen functional groups attached to an aromatic ring is 1. The van der Waals surface area contributed by atoms with Crippen LogP contribution in [-0.4, -0.2) is 29.0 Å². The molecule has 2 aromatic heterocycles. The number of pyridine rings is 1. The van der Waals surface area contributed by atoms with E-state index in [1.54, 1.807) is 12.4 Å². The van der Waals surface area contributed by atoms with Gasteiger partial charge in [0.15, 0.2) is 5.95 Å². The van der Waals surface area contributed by atoms with Gasteiger partial charge in [-0.1, -0.05) is 0 Å². The quantitative estimate of drug-likeness (QED) is 0.767. The van der Waals surface area contributed by atoms with Crippen LogP contribution in [0, 0.1) is 0 Å². The summed E-state index contributed by atoms with van der Waals surface area (Å²) in [5.74, 6) is 1.32. The topological polar surface area (TPSA) is 70.8 Å². The van der Waals surface area contributed by atoms with Crippen LogP contribution in [-0.2, 0) is 0 Å². The average molecular weight is 203 g/mol. The minimum atomic E-state index is 0.424. The number of imidazole rings is 1. The summed E-state index contributed by atoms with van der Waals surface area (Å²) in [5.41, 5.74) is 7.35. The zero-order valence-electron chi connectivity index (χ0n) is 8.73. The van der Waals surface area contributed by atoms with E-state index in [0.717, 1.165) is 17.1 Å². The molecule has 0 amide bonds. The molecule has 0 spiro atoms. The van der Waals surface area contributed by atoms with Gasteiger partial charge in [-0.15, -0.1) is 0 Å². The van der Waals surface area contributed by atoms with E-state index in [1.165, 1.54) is 0 Å². The molecule has 0 saturated carbocycles. The number of aromatic nitrogens is 3. The Labute approximate surface area is 88.0 Å². The molecule has 0 aromatic carbocycles. The number of anilines is 2. The van der Waals surface area contributed by atoms with Crippen LogP contribution in [0.15, 0.2) is 24.5 Å². The highest BCUT2D eigenvalue weighted by molar-refractivity contribution is 5.63. The SMILES string of the molecule is CN(C)c1cc(-c2c[nH]c(N)n2)ccn1. The highest BCUT2D eigenvalue weighted by atomic mass is 15.1. The second-order valence-electron chi connectivity index (χ2n) is 3.47. The molecule has 0 saturated heterocycles. The van der Waals surface area contributed by atoms with Gasteiger partial charge in [0.25, 0.3) is 0 Å². The predicted molar refractivity (Wildman–Crippen MR) is 60.6 cm³/mol. The van der Waals surface area contributed by atoms with Gasteiger partial charge in [-0.2, -0.15) is 0 Å². The molecule has 0 aliphatic carbocycles. The first-order valence-electron chi connectivity index (χ1n) is 4.61. The Morgan fingerprint density at radius 3 is 2.80 bits per heavy atom. The van der Waals surface area contributed by atoms with Crippen molar-refractivity contribution in [1.29, 1.82) is 0 Å². The van der Waals surface area contributed by atoms with Crippen molar-refractivity contribution in [3.8, 4) is 11.3 Å². The molecule has 0 aliphatic heterocycles. The molecule has 0 bridgehead atoms. The summed E-state index contributed by atoms with van der Waals surface area (Å²) in [5, 5.41) is 0. The first-order valence-corrected chi connectivity index (χ1v) is 4.61. The Morgan fingerprint density at radius 2 is 2.20 bits per heavy atom. The third-order valence-electron chi connectivity index (χ3n) is 2.10. The number of rotatable bonds is 2. The second kappa shape index (κ2) is 3.61. The number of hydrogen-bond acceptors (Lipinski definition) is 4. The summed E-state index contributed by atoms with van der Waals surface area (Å²) in [4.78, 5) is 13.2. The van der Waals surface area contributed by atoms with Crippen molar-refractivity contribution in [3.63, 3.8) is 0 Å². The van der Waals surface area contributed by atoms with Crippen molar-refractivity contribution >= 4 is 11.8 Å². The normalized spacial score (nSPS) is 10.3. The molecule has 2 heterocycles. The van der Waals surface area contributed by atoms with Crippen molar-refractivity contribution in [2.24, 2.45) is 0 Å². The maximum atomic E-state index is 5.52. The maximum Gasteiger partial charge on any atom is 0.198 e. The highest BCUT2D eigenvalue weighted by Crippen LogP contribution is 2.20. The first-order chi connectivity index (χ1) is 7.16. The van der Waals surface area contributed by atoms with Gasteiger partial charge < -0.3 is 15.6 Å². The monoisotopic (exact) mass is 203 g/mol. The summed E-state index contributed by atoms with van der Waals surface area (Å²) in [6.45, 7) is 0. The van der Waals surface area contributed by atoms with Gasteiger partial charge in [-0.25, -0.2) is 9.97 Å². The summed E-state index contributed by atoms with van der Waals surface area (Å²) in [6, 6.07) is 3.87. The fourth-order valence-corrected chi connectivity index (χ4v) is 1.31. The molecule has 5 heteroatoms. The lowest BCUT2D eigenvalue weighted by molar-refractivity contribution is 1.07. The van der Waals surface area contributed by atoms with E-state index in [1.807, 2.05) is 31.1 Å². The fourth-order valence-electron chi connectivity index (χ4n) is 1.31. The van der Waals surface area contributed by atoms with Gasteiger partial charge in [-0.05, 0) is 12.1 Å². The van der Waals surface area contributed by atoms with Crippen LogP contribution in [0.2, 0.25) is 0 Å². The molecule has 2 aromatic rings. The molecular weight excluding hydrogens is 190 g/mol. The van der Waals surface area contributed by atoms with Crippen LogP contribution in [0.1, 0.15) is 0 Å². The van der Waals surface area contributed by atoms with E-state index in [4.69, 9.17) is 5.73 Å². The minimum Gasteiger partial charge on any atom is -0.369 e. The Hall–Kier alpha value is -2.04. The molecule has 78 valence electrons. The van der Waals surface area contributed by atoms with Gasteiger partial charge in [-0.3, -0.25) is 0 Å². The molecule has 5 nitrogen and oxygen atoms in total. The van der Waals surface area contributed by atoms with Crippen molar-refractivity contribution in [1.82, 2.24) is 15.0 Å². The van der Waals surface area contributed by atoms with Crippen molar-refractivity contribution in [2.75, 3.05) is 24.7 Å². The minimum absolute atomic E-state index is 0.424. The molecule has 2 rings (SSSR count). The molecular formula is C10H13N5. The molecule has 15 heavy (non-hydrogen) atoms. The van der Waals surface area contributed by atoms with Crippen molar-refractivity contribution < 1.29 is 0 Å². The van der Waals surface area contributed by atoms with Gasteiger partial charge >= 0.3 is 0 Å². The fraction of sp³-hybridized carbons (Fsp3) is 0.200. The van der Waals surface area contributed by atoms with Crippen molar-refractivity contribution in [2.45, 2.75) is 0 Å². The van der Waals surface area contributed by atoms with Gasteiger partial charge in [0, 0.05) is 32.1 Å². The van der Waals surface area contributed by atoms with Gasteiger partial charge in [0.1, 0.15) is 5.82 Å². The van der Waals surface area contributed by atoms with Gasteiger partial charge in [0.05, 0.1) is 5.69 Å². The third-order valence-corrected chi connectivity index (χ3v) is 2.10. The Balaban J connectivity index is 2.41. The summed E-state index contributed by atoms with van der Waals surface area (Å²) in [7, 11) is 3.90. The van der Waals surface area contributed by atoms with E-state index in [9.17, 15) is 0 Å². The second-order valence-corrected chi connectivity index (χ2v) is 3.47. The van der Waals surface area contributed by atoms with Crippen LogP contribution in [0.25, 0.3) is 11.3 Å². The molecule has 0 fully saturated rings. The zero-order chi connectivity index (χ0) is 10.8. The van der Waals surface area contributed by atoms with E-state index < -0.39 is 0 Å². The molecule has 0 radical (unpaired) electrons. The standard InChI is InChI=1S/C10H13N5/c1-15(2)9-5-7(3-4-12-9)8-6-13-10(11)14-8/h3-6H,1-2H3,(H3,11,13,14). The third kappa shape index (κ3) is 1.90. The number of H-pyrrole nitrogens is 1. The largest absolute Gasteiger partial charge is 0.369 e. The van der Waals surface area contributed by atoms with Crippen LogP contribution in [0.4, 0.5) is 11.8 Å². The van der Waals surface area contributed by atoms with Gasteiger partial charge in [0.2, 0.25) is 0 Å². The summed E-state index contributed by atoms with van der Waals surface area (Å²) in [6.07, 6.45) is 3.54. The van der Waals surface area contributed by atoms with Crippen LogP contribution in [0.3, 0.4) is 0 Å². The molecule has 0 atom stereocenters. The van der Waals surface area contributed by atoms with E-state index in [2.05, 4.69) is 15.0 Å². The first kappa shape index (κ1) is 9.51. The molecule has 3 N–H and O–H groups in total.